The van der Waals surface area contributed by atoms with Gasteiger partial charge in [-0.2, -0.15) is 10.1 Å². The molecule has 0 bridgehead atoms. The zero-order valence-corrected chi connectivity index (χ0v) is 22.8. The highest BCUT2D eigenvalue weighted by Gasteiger charge is 2.19. The minimum Gasteiger partial charge on any atom is -0.379 e. The van der Waals surface area contributed by atoms with Crippen molar-refractivity contribution < 1.29 is 9.47 Å². The number of anilines is 3. The molecule has 0 unspecified atom stereocenters. The topological polar surface area (TPSA) is 92.9 Å². The Labute approximate surface area is 233 Å². The lowest BCUT2D eigenvalue weighted by Crippen LogP contribution is -2.37. The lowest BCUT2D eigenvalue weighted by molar-refractivity contribution is 0.0383. The predicted octanol–water partition coefficient (Wildman–Crippen LogP) is 3.42. The van der Waals surface area contributed by atoms with E-state index in [4.69, 9.17) is 24.5 Å². The molecule has 3 aliphatic rings. The normalized spacial score (nSPS) is 17.5. The third-order valence-corrected chi connectivity index (χ3v) is 7.91. The molecule has 3 aliphatic heterocycles. The smallest absolute Gasteiger partial charge is 0.228 e. The van der Waals surface area contributed by atoms with E-state index >= 15 is 0 Å². The average Bonchev–Trinajstić information content (AvgIpc) is 3.60. The Morgan fingerprint density at radius 3 is 2.58 bits per heavy atom. The van der Waals surface area contributed by atoms with Gasteiger partial charge in [-0.15, -0.1) is 0 Å². The molecule has 1 N–H and O–H groups in total. The fraction of sp³-hybridized carbons (Fsp3) is 0.400. The van der Waals surface area contributed by atoms with E-state index in [2.05, 4.69) is 56.5 Å². The number of fused-ring (bicyclic) bond motifs is 2. The number of rotatable bonds is 7. The maximum Gasteiger partial charge on any atom is 0.228 e. The summed E-state index contributed by atoms with van der Waals surface area (Å²) in [4.78, 5) is 19.0. The number of aryl methyl sites for hydroxylation is 1. The number of benzene rings is 2. The van der Waals surface area contributed by atoms with Gasteiger partial charge in [0.1, 0.15) is 5.82 Å². The van der Waals surface area contributed by atoms with Gasteiger partial charge in [0.15, 0.2) is 0 Å². The highest BCUT2D eigenvalue weighted by molar-refractivity contribution is 5.87. The minimum absolute atomic E-state index is 0.676. The second-order valence-corrected chi connectivity index (χ2v) is 10.6. The number of nitrogens with zero attached hydrogens (tertiary/aromatic N) is 7. The minimum atomic E-state index is 0.676. The molecule has 206 valence electrons. The first-order chi connectivity index (χ1) is 19.7. The van der Waals surface area contributed by atoms with E-state index < -0.39 is 0 Å². The van der Waals surface area contributed by atoms with Crippen molar-refractivity contribution in [1.29, 1.82) is 0 Å². The highest BCUT2D eigenvalue weighted by atomic mass is 16.5. The second-order valence-electron chi connectivity index (χ2n) is 10.6. The molecular formula is C30H34N8O2. The Morgan fingerprint density at radius 1 is 0.900 bits per heavy atom. The summed E-state index contributed by atoms with van der Waals surface area (Å²) in [7, 11) is 2.02. The van der Waals surface area contributed by atoms with Gasteiger partial charge in [0.2, 0.25) is 5.95 Å². The summed E-state index contributed by atoms with van der Waals surface area (Å²) in [6.07, 6.45) is 2.85. The van der Waals surface area contributed by atoms with Crippen molar-refractivity contribution in [3.8, 4) is 11.3 Å². The standard InChI is InChI=1S/C30H34N8O2/c1-36-28-17-21(3-5-25(28)26(35-36)6-7-37-8-12-39-13-9-37)27-18-29(34-30(33-27)38-10-14-40-15-11-38)32-24-4-2-22-19-31-20-23(22)16-24/h2-5,16-19H,6-15,20H2,1H3,(H,32,33,34). The van der Waals surface area contributed by atoms with Crippen LogP contribution in [-0.4, -0.2) is 90.0 Å². The largest absolute Gasteiger partial charge is 0.379 e. The van der Waals surface area contributed by atoms with Crippen molar-refractivity contribution in [1.82, 2.24) is 24.6 Å². The van der Waals surface area contributed by atoms with E-state index in [1.54, 1.807) is 0 Å². The van der Waals surface area contributed by atoms with Gasteiger partial charge in [0.25, 0.3) is 0 Å². The molecule has 7 rings (SSSR count). The van der Waals surface area contributed by atoms with E-state index in [-0.39, 0.29) is 0 Å². The van der Waals surface area contributed by atoms with E-state index in [1.807, 2.05) is 24.0 Å². The third kappa shape index (κ3) is 5.17. The first kappa shape index (κ1) is 25.1. The van der Waals surface area contributed by atoms with Gasteiger partial charge < -0.3 is 19.7 Å². The highest BCUT2D eigenvalue weighted by Crippen LogP contribution is 2.30. The molecule has 4 aromatic rings. The number of nitrogens with one attached hydrogen (secondary N) is 1. The quantitative estimate of drug-likeness (QED) is 0.383. The monoisotopic (exact) mass is 538 g/mol. The van der Waals surface area contributed by atoms with Crippen LogP contribution in [0, 0.1) is 0 Å². The molecule has 0 spiro atoms. The molecule has 0 radical (unpaired) electrons. The first-order valence-electron chi connectivity index (χ1n) is 14.1. The summed E-state index contributed by atoms with van der Waals surface area (Å²) in [6.45, 7) is 8.22. The molecule has 10 heteroatoms. The van der Waals surface area contributed by atoms with Crippen LogP contribution in [0.1, 0.15) is 16.8 Å². The zero-order valence-electron chi connectivity index (χ0n) is 22.8. The summed E-state index contributed by atoms with van der Waals surface area (Å²) in [6, 6.07) is 14.9. The number of aliphatic imine (C=N–C) groups is 1. The second kappa shape index (κ2) is 11.0. The maximum absolute atomic E-state index is 5.58. The Hall–Kier alpha value is -3.86. The first-order valence-corrected chi connectivity index (χ1v) is 14.1. The van der Waals surface area contributed by atoms with Crippen LogP contribution in [0.5, 0.6) is 0 Å². The number of aromatic nitrogens is 4. The molecular weight excluding hydrogens is 504 g/mol. The molecule has 0 saturated carbocycles. The van der Waals surface area contributed by atoms with Crippen molar-refractivity contribution in [2.24, 2.45) is 12.0 Å². The maximum atomic E-state index is 5.58. The van der Waals surface area contributed by atoms with Crippen LogP contribution in [-0.2, 0) is 29.5 Å². The summed E-state index contributed by atoms with van der Waals surface area (Å²) >= 11 is 0. The van der Waals surface area contributed by atoms with Crippen molar-refractivity contribution in [3.63, 3.8) is 0 Å². The van der Waals surface area contributed by atoms with Crippen molar-refractivity contribution in [3.05, 3.63) is 59.3 Å². The Balaban J connectivity index is 1.20. The lowest BCUT2D eigenvalue weighted by Gasteiger charge is -2.27. The van der Waals surface area contributed by atoms with Crippen LogP contribution in [0.3, 0.4) is 0 Å². The molecule has 2 aromatic heterocycles. The summed E-state index contributed by atoms with van der Waals surface area (Å²) in [5, 5.41) is 9.61. The van der Waals surface area contributed by atoms with Crippen LogP contribution in [0.15, 0.2) is 47.5 Å². The predicted molar refractivity (Wildman–Crippen MR) is 157 cm³/mol. The van der Waals surface area contributed by atoms with Crippen LogP contribution in [0.2, 0.25) is 0 Å². The van der Waals surface area contributed by atoms with Gasteiger partial charge in [0, 0.05) is 75.1 Å². The van der Waals surface area contributed by atoms with Crippen molar-refractivity contribution in [2.45, 2.75) is 13.0 Å². The SMILES string of the molecule is Cn1nc(CCN2CCOCC2)c2ccc(-c3cc(Nc4ccc5c(c4)CN=C5)nc(N4CCOCC4)n3)cc21. The van der Waals surface area contributed by atoms with Crippen molar-refractivity contribution in [2.75, 3.05) is 69.4 Å². The van der Waals surface area contributed by atoms with E-state index in [9.17, 15) is 0 Å². The van der Waals surface area contributed by atoms with Crippen LogP contribution >= 0.6 is 0 Å². The molecule has 0 aliphatic carbocycles. The van der Waals surface area contributed by atoms with Gasteiger partial charge in [-0.25, -0.2) is 4.98 Å². The van der Waals surface area contributed by atoms with Gasteiger partial charge in [-0.1, -0.05) is 18.2 Å². The molecule has 2 aromatic carbocycles. The molecule has 10 nitrogen and oxygen atoms in total. The summed E-state index contributed by atoms with van der Waals surface area (Å²) in [5.41, 5.74) is 7.55. The van der Waals surface area contributed by atoms with Gasteiger partial charge in [-0.3, -0.25) is 14.6 Å². The van der Waals surface area contributed by atoms with Gasteiger partial charge in [-0.05, 0) is 29.3 Å². The zero-order chi connectivity index (χ0) is 26.9. The van der Waals surface area contributed by atoms with Crippen LogP contribution in [0.25, 0.3) is 22.2 Å². The number of ether oxygens (including phenoxy) is 2. The number of hydrogen-bond donors (Lipinski definition) is 1. The van der Waals surface area contributed by atoms with Gasteiger partial charge in [0.05, 0.1) is 49.9 Å². The summed E-state index contributed by atoms with van der Waals surface area (Å²) < 4.78 is 13.1. The van der Waals surface area contributed by atoms with Crippen LogP contribution < -0.4 is 10.2 Å². The molecule has 40 heavy (non-hydrogen) atoms. The van der Waals surface area contributed by atoms with Crippen molar-refractivity contribution >= 4 is 34.6 Å². The Bertz CT molecular complexity index is 1550. The fourth-order valence-electron chi connectivity index (χ4n) is 5.65. The van der Waals surface area contributed by atoms with Crippen LogP contribution in [0.4, 0.5) is 17.5 Å². The average molecular weight is 539 g/mol. The van der Waals surface area contributed by atoms with Gasteiger partial charge >= 0.3 is 0 Å². The van der Waals surface area contributed by atoms with E-state index in [0.717, 1.165) is 92.9 Å². The van der Waals surface area contributed by atoms with E-state index in [0.29, 0.717) is 19.2 Å². The third-order valence-electron chi connectivity index (χ3n) is 7.91. The number of hydrogen-bond acceptors (Lipinski definition) is 9. The Kier molecular flexibility index (Phi) is 6.88. The lowest BCUT2D eigenvalue weighted by atomic mass is 10.1. The molecule has 0 atom stereocenters. The Morgan fingerprint density at radius 2 is 1.73 bits per heavy atom. The number of morpholine rings is 2. The molecule has 0 amide bonds. The molecule has 2 fully saturated rings. The van der Waals surface area contributed by atoms with E-state index in [1.165, 1.54) is 16.5 Å². The fourth-order valence-corrected chi connectivity index (χ4v) is 5.65. The molecule has 5 heterocycles. The summed E-state index contributed by atoms with van der Waals surface area (Å²) in [5.74, 6) is 1.48. The molecule has 2 saturated heterocycles.